The number of anilines is 1. The topological polar surface area (TPSA) is 104 Å². The number of aromatic carboxylic acids is 1. The number of methoxy groups -OCH3 is 1. The van der Waals surface area contributed by atoms with Crippen LogP contribution in [0.5, 0.6) is 5.75 Å². The number of fused-ring (bicyclic) bond motifs is 1. The van der Waals surface area contributed by atoms with Crippen LogP contribution in [0.3, 0.4) is 0 Å². The van der Waals surface area contributed by atoms with Crippen LogP contribution < -0.4 is 9.64 Å². The molecule has 1 N–H and O–H groups in total. The Bertz CT molecular complexity index is 1550. The van der Waals surface area contributed by atoms with Gasteiger partial charge in [-0.05, 0) is 63.9 Å². The summed E-state index contributed by atoms with van der Waals surface area (Å²) < 4.78 is 5.24. The number of hydrogen-bond donors (Lipinski definition) is 1. The van der Waals surface area contributed by atoms with Crippen molar-refractivity contribution >= 4 is 28.5 Å². The molecule has 0 unspecified atom stereocenters. The molecule has 1 amide bonds. The predicted octanol–water partition coefficient (Wildman–Crippen LogP) is 6.45. The number of carbonyl (C=O) groups is 2. The normalized spacial score (nSPS) is 11.1. The molecule has 1 heterocycles. The van der Waals surface area contributed by atoms with E-state index in [4.69, 9.17) is 4.74 Å². The Labute approximate surface area is 221 Å². The Morgan fingerprint density at radius 1 is 1.00 bits per heavy atom. The lowest BCUT2D eigenvalue weighted by Crippen LogP contribution is -2.34. The average molecular weight is 508 g/mol. The van der Waals surface area contributed by atoms with Gasteiger partial charge in [0.1, 0.15) is 17.6 Å². The van der Waals surface area contributed by atoms with Gasteiger partial charge in [0.2, 0.25) is 5.91 Å². The number of hydrogen-bond acceptors (Lipinski definition) is 5. The molecule has 0 atom stereocenters. The summed E-state index contributed by atoms with van der Waals surface area (Å²) in [5.41, 5.74) is 3.14. The zero-order chi connectivity index (χ0) is 27.4. The van der Waals surface area contributed by atoms with Crippen molar-refractivity contribution in [2.45, 2.75) is 33.7 Å². The molecule has 7 nitrogen and oxygen atoms in total. The van der Waals surface area contributed by atoms with Gasteiger partial charge in [-0.25, -0.2) is 9.78 Å². The molecular weight excluding hydrogens is 478 g/mol. The first-order valence-electron chi connectivity index (χ1n) is 12.2. The van der Waals surface area contributed by atoms with Gasteiger partial charge in [-0.3, -0.25) is 9.69 Å². The second-order valence-electron chi connectivity index (χ2n) is 10.3. The van der Waals surface area contributed by atoms with Gasteiger partial charge < -0.3 is 9.84 Å². The zero-order valence-electron chi connectivity index (χ0n) is 21.9. The molecule has 1 aromatic heterocycles. The molecule has 0 radical (unpaired) electrons. The number of rotatable bonds is 7. The van der Waals surface area contributed by atoms with E-state index in [1.54, 1.807) is 41.4 Å². The van der Waals surface area contributed by atoms with Gasteiger partial charge >= 0.3 is 5.97 Å². The molecule has 0 saturated carbocycles. The van der Waals surface area contributed by atoms with E-state index in [0.717, 1.165) is 16.7 Å². The van der Waals surface area contributed by atoms with Crippen molar-refractivity contribution in [3.63, 3.8) is 0 Å². The Morgan fingerprint density at radius 3 is 2.34 bits per heavy atom. The van der Waals surface area contributed by atoms with Gasteiger partial charge in [0, 0.05) is 18.0 Å². The SMILES string of the molecule is COc1ccc(-c2ccc(CN(C(=O)CC(C)(C)C)c3nccc4cc(C(=O)O)ccc34)cc2)cc1C#N. The van der Waals surface area contributed by atoms with Crippen LogP contribution in [0, 0.1) is 16.7 Å². The van der Waals surface area contributed by atoms with Crippen LogP contribution in [-0.2, 0) is 11.3 Å². The van der Waals surface area contributed by atoms with E-state index in [1.807, 2.05) is 51.1 Å². The Kier molecular flexibility index (Phi) is 7.45. The summed E-state index contributed by atoms with van der Waals surface area (Å²) in [4.78, 5) is 31.2. The highest BCUT2D eigenvalue weighted by Crippen LogP contribution is 2.31. The molecule has 0 aliphatic carbocycles. The van der Waals surface area contributed by atoms with E-state index < -0.39 is 5.97 Å². The third-order valence-corrected chi connectivity index (χ3v) is 6.18. The molecule has 0 fully saturated rings. The van der Waals surface area contributed by atoms with Crippen LogP contribution in [0.15, 0.2) is 72.9 Å². The summed E-state index contributed by atoms with van der Waals surface area (Å²) in [5.74, 6) is -0.0620. The van der Waals surface area contributed by atoms with Crippen molar-refractivity contribution in [2.24, 2.45) is 5.41 Å². The minimum atomic E-state index is -1.01. The first kappa shape index (κ1) is 26.4. The molecule has 3 aromatic carbocycles. The minimum Gasteiger partial charge on any atom is -0.495 e. The van der Waals surface area contributed by atoms with Gasteiger partial charge in [-0.1, -0.05) is 51.1 Å². The number of ether oxygens (including phenoxy) is 1. The van der Waals surface area contributed by atoms with Gasteiger partial charge in [-0.15, -0.1) is 0 Å². The first-order valence-corrected chi connectivity index (χ1v) is 12.2. The zero-order valence-corrected chi connectivity index (χ0v) is 21.9. The van der Waals surface area contributed by atoms with E-state index >= 15 is 0 Å². The Hall–Kier alpha value is -4.70. The lowest BCUT2D eigenvalue weighted by Gasteiger charge is -2.27. The molecule has 4 aromatic rings. The predicted molar refractivity (Wildman–Crippen MR) is 147 cm³/mol. The maximum absolute atomic E-state index is 13.6. The van der Waals surface area contributed by atoms with Crippen LogP contribution in [0.25, 0.3) is 21.9 Å². The van der Waals surface area contributed by atoms with Gasteiger partial charge in [-0.2, -0.15) is 5.26 Å². The quantitative estimate of drug-likeness (QED) is 0.308. The molecule has 0 aliphatic rings. The largest absolute Gasteiger partial charge is 0.495 e. The van der Waals surface area contributed by atoms with Crippen LogP contribution in [0.4, 0.5) is 5.82 Å². The lowest BCUT2D eigenvalue weighted by molar-refractivity contribution is -0.120. The van der Waals surface area contributed by atoms with Crippen LogP contribution in [0.2, 0.25) is 0 Å². The van der Waals surface area contributed by atoms with Gasteiger partial charge in [0.15, 0.2) is 0 Å². The van der Waals surface area contributed by atoms with Crippen LogP contribution in [-0.4, -0.2) is 29.1 Å². The molecule has 0 spiro atoms. The van der Waals surface area contributed by atoms with Crippen LogP contribution >= 0.6 is 0 Å². The van der Waals surface area contributed by atoms with E-state index in [-0.39, 0.29) is 16.9 Å². The fourth-order valence-electron chi connectivity index (χ4n) is 4.30. The molecule has 0 saturated heterocycles. The average Bonchev–Trinajstić information content (AvgIpc) is 2.90. The van der Waals surface area contributed by atoms with Crippen LogP contribution in [0.1, 0.15) is 48.7 Å². The summed E-state index contributed by atoms with van der Waals surface area (Å²) in [5, 5.41) is 20.2. The maximum atomic E-state index is 13.6. The fraction of sp³-hybridized carbons (Fsp3) is 0.226. The van der Waals surface area contributed by atoms with Gasteiger partial charge in [0.25, 0.3) is 0 Å². The molecule has 4 rings (SSSR count). The highest BCUT2D eigenvalue weighted by atomic mass is 16.5. The Morgan fingerprint density at radius 2 is 1.71 bits per heavy atom. The summed E-state index contributed by atoms with van der Waals surface area (Å²) >= 11 is 0. The first-order chi connectivity index (χ1) is 18.1. The number of aromatic nitrogens is 1. The lowest BCUT2D eigenvalue weighted by atomic mass is 9.91. The van der Waals surface area contributed by atoms with E-state index in [0.29, 0.717) is 40.9 Å². The molecular formula is C31H29N3O4. The second-order valence-corrected chi connectivity index (χ2v) is 10.3. The summed E-state index contributed by atoms with van der Waals surface area (Å²) in [6, 6.07) is 22.0. The minimum absolute atomic E-state index is 0.0716. The summed E-state index contributed by atoms with van der Waals surface area (Å²) in [7, 11) is 1.53. The van der Waals surface area contributed by atoms with E-state index in [1.165, 1.54) is 13.2 Å². The molecule has 0 bridgehead atoms. The fourth-order valence-corrected chi connectivity index (χ4v) is 4.30. The standard InChI is InChI=1S/C31H29N3O4/c1-31(2,3)17-28(35)34(29-26-11-9-24(30(36)37)16-23(26)13-14-33-29)19-20-5-7-21(8-6-20)22-10-12-27(38-4)25(15-22)18-32/h5-16H,17,19H2,1-4H3,(H,36,37). The van der Waals surface area contributed by atoms with Crippen molar-refractivity contribution in [1.82, 2.24) is 4.98 Å². The second kappa shape index (κ2) is 10.7. The van der Waals surface area contributed by atoms with Crippen molar-refractivity contribution < 1.29 is 19.4 Å². The maximum Gasteiger partial charge on any atom is 0.335 e. The Balaban J connectivity index is 1.70. The number of carboxylic acids is 1. The third kappa shape index (κ3) is 5.81. The number of nitriles is 1. The highest BCUT2D eigenvalue weighted by Gasteiger charge is 2.25. The van der Waals surface area contributed by atoms with Crippen molar-refractivity contribution in [3.05, 3.63) is 89.6 Å². The summed E-state index contributed by atoms with van der Waals surface area (Å²) in [6.45, 7) is 6.34. The molecule has 192 valence electrons. The number of amides is 1. The van der Waals surface area contributed by atoms with Gasteiger partial charge in [0.05, 0.1) is 24.8 Å². The smallest absolute Gasteiger partial charge is 0.335 e. The van der Waals surface area contributed by atoms with E-state index in [2.05, 4.69) is 11.1 Å². The number of benzene rings is 3. The number of nitrogens with zero attached hydrogens (tertiary/aromatic N) is 3. The summed E-state index contributed by atoms with van der Waals surface area (Å²) in [6.07, 6.45) is 1.92. The number of pyridine rings is 1. The number of carbonyl (C=O) groups excluding carboxylic acids is 1. The number of carboxylic acid groups (broad SMARTS) is 1. The van der Waals surface area contributed by atoms with Crippen molar-refractivity contribution in [2.75, 3.05) is 12.0 Å². The molecule has 0 aliphatic heterocycles. The molecule has 7 heteroatoms. The third-order valence-electron chi connectivity index (χ3n) is 6.18. The van der Waals surface area contributed by atoms with E-state index in [9.17, 15) is 20.0 Å². The van der Waals surface area contributed by atoms with Crippen molar-refractivity contribution in [3.8, 4) is 22.9 Å². The molecule has 38 heavy (non-hydrogen) atoms. The monoisotopic (exact) mass is 507 g/mol. The highest BCUT2D eigenvalue weighted by molar-refractivity contribution is 6.04. The van der Waals surface area contributed by atoms with Crippen molar-refractivity contribution in [1.29, 1.82) is 5.26 Å².